The van der Waals surface area contributed by atoms with Crippen LogP contribution in [0.25, 0.3) is 54.6 Å². The third-order valence-electron chi connectivity index (χ3n) is 8.86. The predicted molar refractivity (Wildman–Crippen MR) is 204 cm³/mol. The summed E-state index contributed by atoms with van der Waals surface area (Å²) in [5.74, 6) is 0.635. The van der Waals surface area contributed by atoms with Crippen molar-refractivity contribution in [2.24, 2.45) is 9.98 Å². The van der Waals surface area contributed by atoms with Gasteiger partial charge >= 0.3 is 0 Å². The van der Waals surface area contributed by atoms with Gasteiger partial charge in [-0.05, 0) is 60.6 Å². The summed E-state index contributed by atoms with van der Waals surface area (Å²) in [5.41, 5.74) is 7.09. The summed E-state index contributed by atoms with van der Waals surface area (Å²) >= 11 is 0. The highest BCUT2D eigenvalue weighted by molar-refractivity contribution is 6.22. The summed E-state index contributed by atoms with van der Waals surface area (Å²) in [4.78, 5) is 9.91. The molecule has 8 aromatic rings. The van der Waals surface area contributed by atoms with Gasteiger partial charge in [0.1, 0.15) is 0 Å². The molecule has 8 aromatic carbocycles. The molecule has 0 aliphatic carbocycles. The molecule has 0 aliphatic rings. The van der Waals surface area contributed by atoms with Gasteiger partial charge in [-0.2, -0.15) is 0 Å². The van der Waals surface area contributed by atoms with Crippen LogP contribution in [0.15, 0.2) is 186 Å². The van der Waals surface area contributed by atoms with E-state index in [-0.39, 0.29) is 5.84 Å². The molecule has 0 heterocycles. The lowest BCUT2D eigenvalue weighted by atomic mass is 9.94. The van der Waals surface area contributed by atoms with Crippen molar-refractivity contribution >= 4 is 50.2 Å². The maximum absolute atomic E-state index is 9.04. The monoisotopic (exact) mass is 613 g/mol. The highest BCUT2D eigenvalue weighted by Crippen LogP contribution is 2.33. The maximum atomic E-state index is 9.04. The van der Waals surface area contributed by atoms with Gasteiger partial charge in [0.2, 0.25) is 0 Å². The smallest absolute Gasteiger partial charge is 0.161 e. The highest BCUT2D eigenvalue weighted by Gasteiger charge is 2.12. The van der Waals surface area contributed by atoms with Gasteiger partial charge in [-0.3, -0.25) is 5.41 Å². The minimum atomic E-state index is 0.155. The number of rotatable bonds is 5. The second kappa shape index (κ2) is 12.7. The first-order valence-electron chi connectivity index (χ1n) is 16.1. The van der Waals surface area contributed by atoms with Gasteiger partial charge in [-0.1, -0.05) is 170 Å². The quantitative estimate of drug-likeness (QED) is 0.0869. The van der Waals surface area contributed by atoms with Crippen molar-refractivity contribution in [3.8, 4) is 22.3 Å². The Bertz CT molecular complexity index is 2480. The van der Waals surface area contributed by atoms with Crippen LogP contribution in [-0.4, -0.2) is 17.9 Å². The molecule has 0 aliphatic heterocycles. The first-order valence-corrected chi connectivity index (χ1v) is 16.1. The molecule has 0 unspecified atom stereocenters. The zero-order chi connectivity index (χ0) is 32.3. The van der Waals surface area contributed by atoms with Gasteiger partial charge in [0.15, 0.2) is 11.7 Å². The van der Waals surface area contributed by atoms with Crippen molar-refractivity contribution < 1.29 is 0 Å². The number of benzene rings is 8. The van der Waals surface area contributed by atoms with Crippen molar-refractivity contribution in [1.82, 2.24) is 0 Å². The van der Waals surface area contributed by atoms with E-state index in [2.05, 4.69) is 103 Å². The van der Waals surface area contributed by atoms with E-state index < -0.39 is 0 Å². The molecule has 226 valence electrons. The predicted octanol–water partition coefficient (Wildman–Crippen LogP) is 11.4. The standard InChI is InChI=1S/C45H31N3/c46-44(36-23-19-33(20-24-36)31-11-3-1-4-12-31)48-45(37-25-21-34(22-26-37)32-13-5-2-6-14-32)47-30-43-40-18-10-8-16-38(40)29-42-39-17-9-7-15-35(39)27-28-41(42)43/h1-30,46H. The molecule has 0 aromatic heterocycles. The van der Waals surface area contributed by atoms with E-state index in [0.29, 0.717) is 5.84 Å². The Balaban J connectivity index is 1.24. The summed E-state index contributed by atoms with van der Waals surface area (Å²) < 4.78 is 0. The fourth-order valence-corrected chi connectivity index (χ4v) is 6.35. The minimum absolute atomic E-state index is 0.155. The third kappa shape index (κ3) is 5.70. The highest BCUT2D eigenvalue weighted by atomic mass is 14.9. The second-order valence-electron chi connectivity index (χ2n) is 11.8. The third-order valence-corrected chi connectivity index (χ3v) is 8.86. The minimum Gasteiger partial charge on any atom is -0.282 e. The summed E-state index contributed by atoms with van der Waals surface area (Å²) in [6.07, 6.45) is 1.93. The number of hydrogen-bond donors (Lipinski definition) is 1. The first-order chi connectivity index (χ1) is 23.7. The molecule has 0 bridgehead atoms. The van der Waals surface area contributed by atoms with Crippen LogP contribution in [0.4, 0.5) is 0 Å². The Morgan fingerprint density at radius 1 is 0.417 bits per heavy atom. The number of nitrogens with one attached hydrogen (secondary N) is 1. The molecular weight excluding hydrogens is 583 g/mol. The van der Waals surface area contributed by atoms with Crippen molar-refractivity contribution in [3.63, 3.8) is 0 Å². The molecule has 3 heteroatoms. The molecule has 48 heavy (non-hydrogen) atoms. The molecule has 0 amide bonds. The maximum Gasteiger partial charge on any atom is 0.161 e. The van der Waals surface area contributed by atoms with Gasteiger partial charge in [0.25, 0.3) is 0 Å². The van der Waals surface area contributed by atoms with E-state index in [1.54, 1.807) is 0 Å². The normalized spacial score (nSPS) is 11.9. The Morgan fingerprint density at radius 3 is 1.58 bits per heavy atom. The van der Waals surface area contributed by atoms with Gasteiger partial charge in [0.05, 0.1) is 0 Å². The van der Waals surface area contributed by atoms with E-state index in [9.17, 15) is 0 Å². The molecule has 0 spiro atoms. The summed E-state index contributed by atoms with van der Waals surface area (Å²) in [6, 6.07) is 60.4. The average molecular weight is 614 g/mol. The van der Waals surface area contributed by atoms with Gasteiger partial charge in [-0.15, -0.1) is 0 Å². The molecule has 0 radical (unpaired) electrons. The van der Waals surface area contributed by atoms with Gasteiger partial charge in [-0.25, -0.2) is 9.98 Å². The molecule has 8 rings (SSSR count). The zero-order valence-corrected chi connectivity index (χ0v) is 26.2. The van der Waals surface area contributed by atoms with Gasteiger partial charge in [0, 0.05) is 22.9 Å². The molecule has 0 saturated heterocycles. The van der Waals surface area contributed by atoms with Crippen LogP contribution in [0.1, 0.15) is 16.7 Å². The first kappa shape index (κ1) is 29.0. The summed E-state index contributed by atoms with van der Waals surface area (Å²) in [5, 5.41) is 16.0. The van der Waals surface area contributed by atoms with E-state index >= 15 is 0 Å². The second-order valence-corrected chi connectivity index (χ2v) is 11.8. The Kier molecular flexibility index (Phi) is 7.70. The molecular formula is C45H31N3. The molecule has 0 fully saturated rings. The topological polar surface area (TPSA) is 48.6 Å². The summed E-state index contributed by atoms with van der Waals surface area (Å²) in [6.45, 7) is 0. The van der Waals surface area contributed by atoms with Crippen LogP contribution in [0.2, 0.25) is 0 Å². The van der Waals surface area contributed by atoms with Crippen molar-refractivity contribution in [2.45, 2.75) is 0 Å². The van der Waals surface area contributed by atoms with Crippen molar-refractivity contribution in [3.05, 3.63) is 193 Å². The zero-order valence-electron chi connectivity index (χ0n) is 26.2. The Hall–Kier alpha value is -6.45. The van der Waals surface area contributed by atoms with E-state index in [1.807, 2.05) is 79.0 Å². The largest absolute Gasteiger partial charge is 0.282 e. The van der Waals surface area contributed by atoms with Crippen LogP contribution in [0.5, 0.6) is 0 Å². The van der Waals surface area contributed by atoms with E-state index in [1.165, 1.54) is 16.2 Å². The van der Waals surface area contributed by atoms with Crippen molar-refractivity contribution in [2.75, 3.05) is 0 Å². The molecule has 1 N–H and O–H groups in total. The van der Waals surface area contributed by atoms with Crippen molar-refractivity contribution in [1.29, 1.82) is 5.41 Å². The number of aliphatic imine (C=N–C) groups is 2. The molecule has 3 nitrogen and oxygen atoms in total. The number of nitrogens with zero attached hydrogens (tertiary/aromatic N) is 2. The summed E-state index contributed by atoms with van der Waals surface area (Å²) in [7, 11) is 0. The van der Waals surface area contributed by atoms with Gasteiger partial charge < -0.3 is 0 Å². The fraction of sp³-hybridized carbons (Fsp3) is 0. The number of amidine groups is 2. The van der Waals surface area contributed by atoms with Crippen LogP contribution < -0.4 is 0 Å². The van der Waals surface area contributed by atoms with Crippen LogP contribution in [-0.2, 0) is 0 Å². The van der Waals surface area contributed by atoms with Crippen LogP contribution in [0.3, 0.4) is 0 Å². The van der Waals surface area contributed by atoms with Crippen LogP contribution in [0, 0.1) is 5.41 Å². The lowest BCUT2D eigenvalue weighted by Gasteiger charge is -2.11. The SMILES string of the molecule is N=C(N=C(N=Cc1c2ccccc2cc2c1ccc1ccccc12)c1ccc(-c2ccccc2)cc1)c1ccc(-c2ccccc2)cc1. The Morgan fingerprint density at radius 2 is 0.938 bits per heavy atom. The van der Waals surface area contributed by atoms with E-state index in [4.69, 9.17) is 15.4 Å². The Labute approximate surface area is 279 Å². The molecule has 0 saturated carbocycles. The lowest BCUT2D eigenvalue weighted by Crippen LogP contribution is -2.05. The van der Waals surface area contributed by atoms with Crippen LogP contribution >= 0.6 is 0 Å². The molecule has 0 atom stereocenters. The average Bonchev–Trinajstić information content (AvgIpc) is 3.16. The number of fused-ring (bicyclic) bond motifs is 4. The van der Waals surface area contributed by atoms with E-state index in [0.717, 1.165) is 55.1 Å². The lowest BCUT2D eigenvalue weighted by molar-refractivity contribution is 1.40. The fourth-order valence-electron chi connectivity index (χ4n) is 6.35. The number of hydrogen-bond acceptors (Lipinski definition) is 1.